The van der Waals surface area contributed by atoms with Gasteiger partial charge in [0.2, 0.25) is 0 Å². The summed E-state index contributed by atoms with van der Waals surface area (Å²) in [5.41, 5.74) is 4.36. The second-order valence-corrected chi connectivity index (χ2v) is 8.06. The Balaban J connectivity index is 1.41. The molecule has 0 N–H and O–H groups in total. The number of rotatable bonds is 8. The van der Waals surface area contributed by atoms with E-state index in [-0.39, 0.29) is 0 Å². The molecule has 0 unspecified atom stereocenters. The van der Waals surface area contributed by atoms with Gasteiger partial charge in [0, 0.05) is 11.1 Å². The fourth-order valence-electron chi connectivity index (χ4n) is 3.73. The molecule has 4 aromatic rings. The van der Waals surface area contributed by atoms with Gasteiger partial charge in [-0.1, -0.05) is 68.0 Å². The fraction of sp³-hybridized carbons (Fsp3) is 0.226. The molecule has 2 heteroatoms. The summed E-state index contributed by atoms with van der Waals surface area (Å²) in [6.07, 6.45) is 3.53. The molecule has 4 rings (SSSR count). The van der Waals surface area contributed by atoms with Crippen LogP contribution in [0.3, 0.4) is 0 Å². The molecule has 4 aromatic carbocycles. The van der Waals surface area contributed by atoms with Crippen LogP contribution in [0.15, 0.2) is 84.9 Å². The maximum Gasteiger partial charge on any atom is 0.119 e. The average Bonchev–Trinajstić information content (AvgIpc) is 2.86. The van der Waals surface area contributed by atoms with Gasteiger partial charge in [0.05, 0.1) is 13.2 Å². The van der Waals surface area contributed by atoms with Gasteiger partial charge in [0.15, 0.2) is 0 Å². The van der Waals surface area contributed by atoms with Crippen LogP contribution in [0.2, 0.25) is 0 Å². The molecule has 0 atom stereocenters. The lowest BCUT2D eigenvalue weighted by Crippen LogP contribution is -1.96. The van der Waals surface area contributed by atoms with Crippen LogP contribution >= 0.6 is 0 Å². The topological polar surface area (TPSA) is 18.5 Å². The maximum atomic E-state index is 5.81. The van der Waals surface area contributed by atoms with Crippen LogP contribution in [0.4, 0.5) is 0 Å². The minimum atomic E-state index is 0.673. The summed E-state index contributed by atoms with van der Waals surface area (Å²) >= 11 is 0. The molecule has 0 aromatic heterocycles. The van der Waals surface area contributed by atoms with E-state index in [2.05, 4.69) is 85.5 Å². The number of hydrogen-bond donors (Lipinski definition) is 0. The Kier molecular flexibility index (Phi) is 7.67. The van der Waals surface area contributed by atoms with E-state index in [1.807, 2.05) is 25.1 Å². The predicted octanol–water partition coefficient (Wildman–Crippen LogP) is 7.87. The van der Waals surface area contributed by atoms with Gasteiger partial charge in [-0.05, 0) is 83.8 Å². The lowest BCUT2D eigenvalue weighted by Gasteiger charge is -2.07. The van der Waals surface area contributed by atoms with Crippen molar-refractivity contribution in [2.24, 2.45) is 0 Å². The molecule has 0 amide bonds. The minimum absolute atomic E-state index is 0.673. The Morgan fingerprint density at radius 1 is 0.576 bits per heavy atom. The number of fused-ring (bicyclic) bond motifs is 1. The van der Waals surface area contributed by atoms with Gasteiger partial charge < -0.3 is 9.47 Å². The predicted molar refractivity (Wildman–Crippen MR) is 138 cm³/mol. The van der Waals surface area contributed by atoms with E-state index < -0.39 is 0 Å². The third-order valence-corrected chi connectivity index (χ3v) is 5.56. The van der Waals surface area contributed by atoms with Gasteiger partial charge >= 0.3 is 0 Å². The van der Waals surface area contributed by atoms with Gasteiger partial charge in [-0.3, -0.25) is 0 Å². The molecule has 0 aliphatic heterocycles. The third kappa shape index (κ3) is 6.18. The normalized spacial score (nSPS) is 10.5. The monoisotopic (exact) mass is 434 g/mol. The van der Waals surface area contributed by atoms with Crippen LogP contribution in [0.25, 0.3) is 21.9 Å². The van der Waals surface area contributed by atoms with Gasteiger partial charge in [0.1, 0.15) is 11.5 Å². The first-order chi connectivity index (χ1) is 16.2. The number of hydrogen-bond acceptors (Lipinski definition) is 2. The van der Waals surface area contributed by atoms with Gasteiger partial charge in [-0.15, -0.1) is 0 Å². The molecule has 166 valence electrons. The van der Waals surface area contributed by atoms with Gasteiger partial charge in [-0.2, -0.15) is 0 Å². The van der Waals surface area contributed by atoms with Crippen molar-refractivity contribution in [3.63, 3.8) is 0 Å². The van der Waals surface area contributed by atoms with Crippen molar-refractivity contribution in [2.75, 3.05) is 13.2 Å². The molecule has 0 aliphatic carbocycles. The molecular formula is C31H30O2. The van der Waals surface area contributed by atoms with Crippen LogP contribution < -0.4 is 9.47 Å². The standard InChI is InChI=1S/C31H30O2/c1-3-5-6-21-33-30-18-15-27(16-19-30)26-12-9-24(10-13-26)7-8-25-11-14-29-23-31(32-4-2)20-17-28(29)22-25/h9-20,22-23H,3-6,21H2,1-2H3. The first-order valence-electron chi connectivity index (χ1n) is 11.8. The SMILES string of the molecule is CCCCCOc1ccc(-c2ccc(C#Cc3ccc4cc(OCC)ccc4c3)cc2)cc1. The molecule has 0 fully saturated rings. The van der Waals surface area contributed by atoms with Crippen molar-refractivity contribution < 1.29 is 9.47 Å². The van der Waals surface area contributed by atoms with E-state index in [1.54, 1.807) is 0 Å². The van der Waals surface area contributed by atoms with E-state index in [0.29, 0.717) is 6.61 Å². The third-order valence-electron chi connectivity index (χ3n) is 5.56. The highest BCUT2D eigenvalue weighted by Gasteiger charge is 2.01. The largest absolute Gasteiger partial charge is 0.494 e. The smallest absolute Gasteiger partial charge is 0.119 e. The summed E-state index contributed by atoms with van der Waals surface area (Å²) in [5.74, 6) is 8.41. The summed E-state index contributed by atoms with van der Waals surface area (Å²) < 4.78 is 11.4. The number of ether oxygens (including phenoxy) is 2. The molecule has 0 saturated carbocycles. The zero-order valence-corrected chi connectivity index (χ0v) is 19.4. The summed E-state index contributed by atoms with van der Waals surface area (Å²) in [4.78, 5) is 0. The Morgan fingerprint density at radius 3 is 1.91 bits per heavy atom. The van der Waals surface area contributed by atoms with Crippen LogP contribution in [0.1, 0.15) is 44.2 Å². The molecule has 0 radical (unpaired) electrons. The molecule has 0 aliphatic rings. The van der Waals surface area contributed by atoms with E-state index in [0.717, 1.165) is 41.0 Å². The summed E-state index contributed by atoms with van der Waals surface area (Å²) in [6, 6.07) is 29.2. The zero-order chi connectivity index (χ0) is 22.9. The van der Waals surface area contributed by atoms with Crippen LogP contribution in [0, 0.1) is 11.8 Å². The maximum absolute atomic E-state index is 5.81. The lowest BCUT2D eigenvalue weighted by atomic mass is 10.0. The van der Waals surface area contributed by atoms with E-state index in [4.69, 9.17) is 9.47 Å². The highest BCUT2D eigenvalue weighted by atomic mass is 16.5. The summed E-state index contributed by atoms with van der Waals surface area (Å²) in [5, 5.41) is 2.33. The lowest BCUT2D eigenvalue weighted by molar-refractivity contribution is 0.306. The van der Waals surface area contributed by atoms with E-state index in [9.17, 15) is 0 Å². The van der Waals surface area contributed by atoms with Crippen LogP contribution in [-0.2, 0) is 0 Å². The Hall–Kier alpha value is -3.70. The molecule has 0 saturated heterocycles. The van der Waals surface area contributed by atoms with Crippen molar-refractivity contribution in [3.05, 3.63) is 96.1 Å². The second kappa shape index (κ2) is 11.2. The van der Waals surface area contributed by atoms with Gasteiger partial charge in [-0.25, -0.2) is 0 Å². The highest BCUT2D eigenvalue weighted by Crippen LogP contribution is 2.24. The molecule has 0 bridgehead atoms. The number of benzene rings is 4. The first kappa shape index (κ1) is 22.5. The van der Waals surface area contributed by atoms with Crippen molar-refractivity contribution in [1.82, 2.24) is 0 Å². The highest BCUT2D eigenvalue weighted by molar-refractivity contribution is 5.85. The quantitative estimate of drug-likeness (QED) is 0.207. The van der Waals surface area contributed by atoms with E-state index in [1.165, 1.54) is 29.4 Å². The molecule has 33 heavy (non-hydrogen) atoms. The minimum Gasteiger partial charge on any atom is -0.494 e. The van der Waals surface area contributed by atoms with Gasteiger partial charge in [0.25, 0.3) is 0 Å². The van der Waals surface area contributed by atoms with Crippen molar-refractivity contribution >= 4 is 10.8 Å². The van der Waals surface area contributed by atoms with Crippen molar-refractivity contribution in [2.45, 2.75) is 33.1 Å². The number of unbranched alkanes of at least 4 members (excludes halogenated alkanes) is 2. The molecule has 0 heterocycles. The Bertz CT molecular complexity index is 1240. The summed E-state index contributed by atoms with van der Waals surface area (Å²) in [6.45, 7) is 5.66. The average molecular weight is 435 g/mol. The Labute approximate surface area is 197 Å². The van der Waals surface area contributed by atoms with Crippen LogP contribution in [-0.4, -0.2) is 13.2 Å². The summed E-state index contributed by atoms with van der Waals surface area (Å²) in [7, 11) is 0. The second-order valence-electron chi connectivity index (χ2n) is 8.06. The van der Waals surface area contributed by atoms with E-state index >= 15 is 0 Å². The molecule has 2 nitrogen and oxygen atoms in total. The fourth-order valence-corrected chi connectivity index (χ4v) is 3.73. The zero-order valence-electron chi connectivity index (χ0n) is 19.4. The van der Waals surface area contributed by atoms with Crippen molar-refractivity contribution in [1.29, 1.82) is 0 Å². The van der Waals surface area contributed by atoms with Crippen LogP contribution in [0.5, 0.6) is 11.5 Å². The van der Waals surface area contributed by atoms with Crippen molar-refractivity contribution in [3.8, 4) is 34.5 Å². The first-order valence-corrected chi connectivity index (χ1v) is 11.8. The molecule has 0 spiro atoms. The molecular weight excluding hydrogens is 404 g/mol. The Morgan fingerprint density at radius 2 is 1.18 bits per heavy atom.